The zero-order valence-corrected chi connectivity index (χ0v) is 34.0. The normalized spacial score (nSPS) is 14.5. The zero-order valence-electron chi connectivity index (χ0n) is 34.0. The number of nitrogens with one attached hydrogen (secondary N) is 2. The van der Waals surface area contributed by atoms with E-state index in [9.17, 15) is 45.5 Å². The second-order valence-corrected chi connectivity index (χ2v) is 15.6. The molecule has 332 valence electrons. The molecule has 4 amide bonds. The molecule has 0 bridgehead atoms. The lowest BCUT2D eigenvalue weighted by Gasteiger charge is -2.25. The van der Waals surface area contributed by atoms with Crippen molar-refractivity contribution in [2.75, 3.05) is 48.3 Å². The number of carbonyl (C=O) groups excluding carboxylic acids is 4. The van der Waals surface area contributed by atoms with Crippen molar-refractivity contribution >= 4 is 46.8 Å². The Balaban J connectivity index is 1.55. The van der Waals surface area contributed by atoms with Gasteiger partial charge in [-0.3, -0.25) is 14.5 Å². The van der Waals surface area contributed by atoms with E-state index >= 15 is 0 Å². The fourth-order valence-corrected chi connectivity index (χ4v) is 5.56. The van der Waals surface area contributed by atoms with E-state index in [2.05, 4.69) is 27.2 Å². The van der Waals surface area contributed by atoms with Crippen LogP contribution in [0.4, 0.5) is 58.7 Å². The van der Waals surface area contributed by atoms with Gasteiger partial charge in [0, 0.05) is 31.8 Å². The van der Waals surface area contributed by atoms with Gasteiger partial charge in [0.1, 0.15) is 35.0 Å². The van der Waals surface area contributed by atoms with Crippen molar-refractivity contribution in [3.8, 4) is 11.5 Å². The lowest BCUT2D eigenvalue weighted by Crippen LogP contribution is -2.36. The quantitative estimate of drug-likeness (QED) is 0.0783. The molecule has 3 aromatic rings. The molecule has 6 N–H and O–H groups in total. The lowest BCUT2D eigenvalue weighted by atomic mass is 10.1. The molecule has 1 aliphatic heterocycles. The van der Waals surface area contributed by atoms with Crippen molar-refractivity contribution in [2.24, 2.45) is 0 Å². The summed E-state index contributed by atoms with van der Waals surface area (Å²) in [6, 6.07) is 3.17. The summed E-state index contributed by atoms with van der Waals surface area (Å²) in [6.07, 6.45) is -9.58. The van der Waals surface area contributed by atoms with E-state index in [-0.39, 0.29) is 50.6 Å². The van der Waals surface area contributed by atoms with Crippen LogP contribution in [0.25, 0.3) is 0 Å². The maximum absolute atomic E-state index is 13.9. The molecule has 1 aromatic heterocycles. The second kappa shape index (κ2) is 18.4. The highest BCUT2D eigenvalue weighted by Gasteiger charge is 2.36. The summed E-state index contributed by atoms with van der Waals surface area (Å²) >= 11 is 0. The van der Waals surface area contributed by atoms with Crippen LogP contribution in [0.1, 0.15) is 86.5 Å². The first-order valence-corrected chi connectivity index (χ1v) is 18.5. The molecule has 0 spiro atoms. The zero-order chi connectivity index (χ0) is 45.7. The van der Waals surface area contributed by atoms with Crippen LogP contribution in [-0.4, -0.2) is 87.3 Å². The van der Waals surface area contributed by atoms with Gasteiger partial charge in [0.2, 0.25) is 0 Å². The number of likely N-dealkylation sites (tertiary alicyclic amines) is 1. The number of hydrogen-bond acceptors (Lipinski definition) is 12. The smallest absolute Gasteiger partial charge is 0.416 e. The Morgan fingerprint density at radius 3 is 1.82 bits per heavy atom. The minimum Gasteiger partial charge on any atom is -0.489 e. The van der Waals surface area contributed by atoms with Crippen molar-refractivity contribution in [1.29, 1.82) is 0 Å². The van der Waals surface area contributed by atoms with E-state index in [1.54, 1.807) is 41.5 Å². The Labute approximate surface area is 346 Å². The van der Waals surface area contributed by atoms with Crippen LogP contribution in [0.2, 0.25) is 0 Å². The Morgan fingerprint density at radius 2 is 1.33 bits per heavy atom. The summed E-state index contributed by atoms with van der Waals surface area (Å²) in [4.78, 5) is 62.0. The summed E-state index contributed by atoms with van der Waals surface area (Å²) < 4.78 is 105. The third-order valence-corrected chi connectivity index (χ3v) is 8.24. The number of benzene rings is 2. The van der Waals surface area contributed by atoms with Gasteiger partial charge in [0.15, 0.2) is 11.5 Å². The largest absolute Gasteiger partial charge is 0.489 e. The van der Waals surface area contributed by atoms with Gasteiger partial charge in [-0.05, 0) is 72.2 Å². The number of anilines is 4. The van der Waals surface area contributed by atoms with Crippen molar-refractivity contribution in [3.63, 3.8) is 0 Å². The number of aromatic nitrogens is 2. The molecule has 1 atom stereocenters. The SMILES string of the molecule is C=CN(CCCOc1c(N)cc(C(F)(F)F)cc1NC(=O)c1cc(C(=O)Nc2cc(C(F)(F)F)cc(N)c2O[C@@H]2CCN(C(=O)OC(C)(C)C)C2)ncn1)C(=O)OC(C)(C)C. The summed E-state index contributed by atoms with van der Waals surface area (Å²) in [5, 5.41) is 4.50. The minimum absolute atomic E-state index is 0.0144. The highest BCUT2D eigenvalue weighted by atomic mass is 19.4. The predicted octanol–water partition coefficient (Wildman–Crippen LogP) is 7.72. The number of halogens is 6. The van der Waals surface area contributed by atoms with Crippen molar-refractivity contribution in [3.05, 3.63) is 72.0 Å². The Hall–Kier alpha value is -6.48. The van der Waals surface area contributed by atoms with Crippen LogP contribution >= 0.6 is 0 Å². The first-order valence-electron chi connectivity index (χ1n) is 18.5. The molecule has 4 rings (SSSR count). The average molecular weight is 869 g/mol. The molecule has 1 aliphatic rings. The fraction of sp³-hybridized carbons (Fsp3) is 0.436. The third kappa shape index (κ3) is 13.3. The van der Waals surface area contributed by atoms with Gasteiger partial charge in [0.25, 0.3) is 11.8 Å². The first kappa shape index (κ1) is 47.2. The number of nitrogen functional groups attached to an aromatic ring is 2. The molecule has 61 heavy (non-hydrogen) atoms. The van der Waals surface area contributed by atoms with Crippen LogP contribution in [0.3, 0.4) is 0 Å². The standard InChI is InChI=1S/C39H46F6N8O8/c1-8-52(34(56)60-36(2,3)4)11-9-13-58-30-24(46)14-21(38(40,41)42)16-26(30)50-32(54)28-18-29(49-20-48-28)33(55)51-27-17-22(39(43,44)45)15-25(47)31(27)59-23-10-12-53(19-23)35(57)61-37(5,6)7/h8,14-18,20,23H,1,9-13,19,46-47H2,2-7H3,(H,50,54)(H,51,55)/t23-/m1/s1. The minimum atomic E-state index is -4.91. The molecule has 16 nitrogen and oxygen atoms in total. The van der Waals surface area contributed by atoms with E-state index in [0.717, 1.165) is 17.3 Å². The summed E-state index contributed by atoms with van der Waals surface area (Å²) in [7, 11) is 0. The Kier molecular flexibility index (Phi) is 14.3. The summed E-state index contributed by atoms with van der Waals surface area (Å²) in [6.45, 7) is 13.6. The summed E-state index contributed by atoms with van der Waals surface area (Å²) in [5.74, 6) is -3.02. The average Bonchev–Trinajstić information content (AvgIpc) is 3.60. The molecule has 2 aromatic carbocycles. The second-order valence-electron chi connectivity index (χ2n) is 15.6. The van der Waals surface area contributed by atoms with Gasteiger partial charge < -0.3 is 45.9 Å². The maximum atomic E-state index is 13.9. The van der Waals surface area contributed by atoms with Gasteiger partial charge >= 0.3 is 24.5 Å². The molecule has 1 fully saturated rings. The van der Waals surface area contributed by atoms with Gasteiger partial charge in [-0.1, -0.05) is 6.58 Å². The van der Waals surface area contributed by atoms with E-state index in [1.165, 1.54) is 11.1 Å². The monoisotopic (exact) mass is 868 g/mol. The Bertz CT molecular complexity index is 2140. The first-order chi connectivity index (χ1) is 28.1. The van der Waals surface area contributed by atoms with Crippen molar-refractivity contribution < 1.29 is 64.5 Å². The third-order valence-electron chi connectivity index (χ3n) is 8.24. The van der Waals surface area contributed by atoms with E-state index < -0.39 is 98.9 Å². The molecular weight excluding hydrogens is 822 g/mol. The number of nitrogens with zero attached hydrogens (tertiary/aromatic N) is 4. The molecule has 0 radical (unpaired) electrons. The topological polar surface area (TPSA) is 214 Å². The number of alkyl halides is 6. The van der Waals surface area contributed by atoms with E-state index in [1.807, 2.05) is 0 Å². The van der Waals surface area contributed by atoms with Crippen molar-refractivity contribution in [2.45, 2.75) is 84.0 Å². The highest BCUT2D eigenvalue weighted by Crippen LogP contribution is 2.42. The van der Waals surface area contributed by atoms with Crippen LogP contribution in [0.15, 0.2) is 49.4 Å². The van der Waals surface area contributed by atoms with Gasteiger partial charge in [-0.2, -0.15) is 26.3 Å². The molecular formula is C39H46F6N8O8. The number of carbonyl (C=O) groups is 4. The van der Waals surface area contributed by atoms with Gasteiger partial charge in [-0.25, -0.2) is 19.6 Å². The molecule has 1 saturated heterocycles. The van der Waals surface area contributed by atoms with Crippen LogP contribution in [0, 0.1) is 0 Å². The maximum Gasteiger partial charge on any atom is 0.416 e. The number of hydrogen-bond donors (Lipinski definition) is 4. The van der Waals surface area contributed by atoms with Crippen molar-refractivity contribution in [1.82, 2.24) is 19.8 Å². The number of nitrogens with two attached hydrogens (primary N) is 2. The van der Waals surface area contributed by atoms with Gasteiger partial charge in [0.05, 0.1) is 47.0 Å². The van der Waals surface area contributed by atoms with Crippen LogP contribution < -0.4 is 31.6 Å². The van der Waals surface area contributed by atoms with Crippen LogP contribution in [0.5, 0.6) is 11.5 Å². The summed E-state index contributed by atoms with van der Waals surface area (Å²) in [5.41, 5.74) is 4.68. The predicted molar refractivity (Wildman–Crippen MR) is 210 cm³/mol. The van der Waals surface area contributed by atoms with Gasteiger partial charge in [-0.15, -0.1) is 0 Å². The Morgan fingerprint density at radius 1 is 0.820 bits per heavy atom. The molecule has 0 saturated carbocycles. The number of rotatable bonds is 12. The fourth-order valence-electron chi connectivity index (χ4n) is 5.56. The molecule has 2 heterocycles. The highest BCUT2D eigenvalue weighted by molar-refractivity contribution is 6.08. The lowest BCUT2D eigenvalue weighted by molar-refractivity contribution is -0.138. The van der Waals surface area contributed by atoms with E-state index in [4.69, 9.17) is 30.4 Å². The van der Waals surface area contributed by atoms with Crippen LogP contribution in [-0.2, 0) is 21.8 Å². The molecule has 0 aliphatic carbocycles. The molecule has 22 heteroatoms. The van der Waals surface area contributed by atoms with E-state index in [0.29, 0.717) is 24.3 Å². The number of ether oxygens (including phenoxy) is 4. The number of amides is 4. The molecule has 0 unspecified atom stereocenters.